The quantitative estimate of drug-likeness (QED) is 0.895. The van der Waals surface area contributed by atoms with E-state index >= 15 is 0 Å². The van der Waals surface area contributed by atoms with Gasteiger partial charge in [0.15, 0.2) is 0 Å². The molecular weight excluding hydrogens is 235 g/mol. The number of thiazole rings is 1. The minimum Gasteiger partial charge on any atom is -0.378 e. The molecule has 0 aliphatic carbocycles. The summed E-state index contributed by atoms with van der Waals surface area (Å²) in [4.78, 5) is 5.50. The maximum Gasteiger partial charge on any atom is 0.149 e. The van der Waals surface area contributed by atoms with Gasteiger partial charge in [-0.25, -0.2) is 9.37 Å². The van der Waals surface area contributed by atoms with E-state index in [0.717, 1.165) is 15.6 Å². The van der Waals surface area contributed by atoms with Crippen molar-refractivity contribution in [1.29, 1.82) is 0 Å². The van der Waals surface area contributed by atoms with Crippen molar-refractivity contribution in [2.24, 2.45) is 0 Å². The van der Waals surface area contributed by atoms with Gasteiger partial charge < -0.3 is 5.32 Å². The van der Waals surface area contributed by atoms with Crippen molar-refractivity contribution in [2.45, 2.75) is 27.3 Å². The monoisotopic (exact) mass is 250 g/mol. The van der Waals surface area contributed by atoms with E-state index in [1.54, 1.807) is 30.4 Å². The van der Waals surface area contributed by atoms with Crippen LogP contribution in [0, 0.1) is 26.6 Å². The number of aryl methyl sites for hydroxylation is 3. The summed E-state index contributed by atoms with van der Waals surface area (Å²) in [5.41, 5.74) is 2.23. The van der Waals surface area contributed by atoms with Gasteiger partial charge in [-0.1, -0.05) is 12.1 Å². The highest BCUT2D eigenvalue weighted by atomic mass is 32.1. The standard InChI is InChI=1S/C13H15FN2S/c1-8-5-4-6-11(13(8)14)15-7-12-9(2)16-10(3)17-12/h4-6,15H,7H2,1-3H3. The Morgan fingerprint density at radius 2 is 2.06 bits per heavy atom. The van der Waals surface area contributed by atoms with Crippen molar-refractivity contribution >= 4 is 17.0 Å². The molecule has 2 nitrogen and oxygen atoms in total. The van der Waals surface area contributed by atoms with Crippen molar-refractivity contribution in [2.75, 3.05) is 5.32 Å². The van der Waals surface area contributed by atoms with Gasteiger partial charge in [-0.2, -0.15) is 0 Å². The Bertz CT molecular complexity index is 534. The number of benzene rings is 1. The van der Waals surface area contributed by atoms with Crippen LogP contribution in [0.2, 0.25) is 0 Å². The zero-order valence-electron chi connectivity index (χ0n) is 10.2. The number of aromatic nitrogens is 1. The second-order valence-corrected chi connectivity index (χ2v) is 5.32. The maximum absolute atomic E-state index is 13.7. The van der Waals surface area contributed by atoms with Crippen LogP contribution in [0.1, 0.15) is 21.1 Å². The molecule has 0 aliphatic rings. The van der Waals surface area contributed by atoms with E-state index in [2.05, 4.69) is 10.3 Å². The number of halogens is 1. The number of nitrogens with one attached hydrogen (secondary N) is 1. The van der Waals surface area contributed by atoms with Gasteiger partial charge in [0.1, 0.15) is 5.82 Å². The predicted molar refractivity (Wildman–Crippen MR) is 70.1 cm³/mol. The molecule has 2 rings (SSSR count). The number of nitrogens with zero attached hydrogens (tertiary/aromatic N) is 1. The van der Waals surface area contributed by atoms with E-state index in [1.807, 2.05) is 19.9 Å². The third-order valence-electron chi connectivity index (χ3n) is 2.63. The van der Waals surface area contributed by atoms with Crippen LogP contribution in [0.3, 0.4) is 0 Å². The Hall–Kier alpha value is -1.42. The molecule has 90 valence electrons. The Morgan fingerprint density at radius 3 is 2.71 bits per heavy atom. The number of hydrogen-bond donors (Lipinski definition) is 1. The average molecular weight is 250 g/mol. The molecule has 0 radical (unpaired) electrons. The lowest BCUT2D eigenvalue weighted by Gasteiger charge is -2.08. The Morgan fingerprint density at radius 1 is 1.29 bits per heavy atom. The smallest absolute Gasteiger partial charge is 0.149 e. The summed E-state index contributed by atoms with van der Waals surface area (Å²) in [6.07, 6.45) is 0. The molecule has 1 aromatic carbocycles. The first-order chi connectivity index (χ1) is 8.08. The van der Waals surface area contributed by atoms with Crippen LogP contribution in [0.5, 0.6) is 0 Å². The van der Waals surface area contributed by atoms with Crippen molar-refractivity contribution < 1.29 is 4.39 Å². The highest BCUT2D eigenvalue weighted by molar-refractivity contribution is 7.11. The Kier molecular flexibility index (Phi) is 3.43. The normalized spacial score (nSPS) is 10.6. The van der Waals surface area contributed by atoms with Crippen molar-refractivity contribution in [3.63, 3.8) is 0 Å². The average Bonchev–Trinajstić information content (AvgIpc) is 2.60. The number of hydrogen-bond acceptors (Lipinski definition) is 3. The van der Waals surface area contributed by atoms with Gasteiger partial charge in [0.25, 0.3) is 0 Å². The van der Waals surface area contributed by atoms with Gasteiger partial charge in [-0.3, -0.25) is 0 Å². The van der Waals surface area contributed by atoms with Gasteiger partial charge in [0.05, 0.1) is 22.9 Å². The molecule has 2 aromatic rings. The van der Waals surface area contributed by atoms with Crippen LogP contribution in [0.4, 0.5) is 10.1 Å². The molecule has 1 aromatic heterocycles. The van der Waals surface area contributed by atoms with Crippen molar-refractivity contribution in [3.05, 3.63) is 45.2 Å². The van der Waals surface area contributed by atoms with Gasteiger partial charge in [0, 0.05) is 4.88 Å². The highest BCUT2D eigenvalue weighted by Gasteiger charge is 2.07. The van der Waals surface area contributed by atoms with Gasteiger partial charge in [-0.05, 0) is 32.4 Å². The summed E-state index contributed by atoms with van der Waals surface area (Å²) in [7, 11) is 0. The zero-order valence-corrected chi connectivity index (χ0v) is 11.0. The first-order valence-electron chi connectivity index (χ1n) is 5.50. The van der Waals surface area contributed by atoms with E-state index < -0.39 is 0 Å². The van der Waals surface area contributed by atoms with Crippen LogP contribution >= 0.6 is 11.3 Å². The molecule has 0 atom stereocenters. The van der Waals surface area contributed by atoms with Crippen molar-refractivity contribution in [1.82, 2.24) is 4.98 Å². The molecule has 4 heteroatoms. The summed E-state index contributed by atoms with van der Waals surface area (Å²) in [6, 6.07) is 5.37. The predicted octanol–water partition coefficient (Wildman–Crippen LogP) is 3.82. The van der Waals surface area contributed by atoms with Crippen LogP contribution < -0.4 is 5.32 Å². The fraction of sp³-hybridized carbons (Fsp3) is 0.308. The minimum atomic E-state index is -0.175. The molecule has 0 aliphatic heterocycles. The van der Waals surface area contributed by atoms with Gasteiger partial charge >= 0.3 is 0 Å². The first-order valence-corrected chi connectivity index (χ1v) is 6.31. The number of anilines is 1. The van der Waals surface area contributed by atoms with E-state index in [-0.39, 0.29) is 5.82 Å². The second-order valence-electron chi connectivity index (χ2n) is 4.03. The Labute approximate surface area is 105 Å². The fourth-order valence-corrected chi connectivity index (χ4v) is 2.57. The topological polar surface area (TPSA) is 24.9 Å². The molecule has 0 saturated carbocycles. The summed E-state index contributed by atoms with van der Waals surface area (Å²) >= 11 is 1.65. The van der Waals surface area contributed by atoms with Crippen LogP contribution in [-0.2, 0) is 6.54 Å². The molecule has 0 bridgehead atoms. The molecule has 17 heavy (non-hydrogen) atoms. The van der Waals surface area contributed by atoms with Gasteiger partial charge in [0.2, 0.25) is 0 Å². The van der Waals surface area contributed by atoms with Crippen LogP contribution in [-0.4, -0.2) is 4.98 Å². The van der Waals surface area contributed by atoms with E-state index in [9.17, 15) is 4.39 Å². The first kappa shape index (κ1) is 12.0. The SMILES string of the molecule is Cc1nc(C)c(CNc2cccc(C)c2F)s1. The molecule has 0 amide bonds. The summed E-state index contributed by atoms with van der Waals surface area (Å²) in [6.45, 7) is 6.35. The molecule has 1 N–H and O–H groups in total. The second kappa shape index (κ2) is 4.84. The van der Waals surface area contributed by atoms with E-state index in [1.165, 1.54) is 0 Å². The Balaban J connectivity index is 2.12. The minimum absolute atomic E-state index is 0.175. The molecule has 0 unspecified atom stereocenters. The molecule has 0 spiro atoms. The third-order valence-corrected chi connectivity index (χ3v) is 3.70. The summed E-state index contributed by atoms with van der Waals surface area (Å²) in [5, 5.41) is 4.17. The lowest BCUT2D eigenvalue weighted by molar-refractivity contribution is 0.621. The zero-order chi connectivity index (χ0) is 12.4. The summed E-state index contributed by atoms with van der Waals surface area (Å²) < 4.78 is 13.7. The largest absolute Gasteiger partial charge is 0.378 e. The fourth-order valence-electron chi connectivity index (χ4n) is 1.70. The van der Waals surface area contributed by atoms with Crippen molar-refractivity contribution in [3.8, 4) is 0 Å². The molecular formula is C13H15FN2S. The highest BCUT2D eigenvalue weighted by Crippen LogP contribution is 2.21. The van der Waals surface area contributed by atoms with E-state index in [4.69, 9.17) is 0 Å². The van der Waals surface area contributed by atoms with Gasteiger partial charge in [-0.15, -0.1) is 11.3 Å². The van der Waals surface area contributed by atoms with Crippen LogP contribution in [0.15, 0.2) is 18.2 Å². The number of rotatable bonds is 3. The molecule has 0 fully saturated rings. The lowest BCUT2D eigenvalue weighted by Crippen LogP contribution is -2.02. The van der Waals surface area contributed by atoms with E-state index in [0.29, 0.717) is 17.8 Å². The molecule has 1 heterocycles. The molecule has 0 saturated heterocycles. The lowest BCUT2D eigenvalue weighted by atomic mass is 10.2. The van der Waals surface area contributed by atoms with Crippen LogP contribution in [0.25, 0.3) is 0 Å². The third kappa shape index (κ3) is 2.64. The summed E-state index contributed by atoms with van der Waals surface area (Å²) in [5.74, 6) is -0.175. The maximum atomic E-state index is 13.7.